The highest BCUT2D eigenvalue weighted by atomic mass is 33.1. The number of hydrogen-bond acceptors (Lipinski definition) is 25. The standard InChI is InChI=1S/C48H68N8O16S4/c1-51-35(21-61)71-39-44(70-34(20-60)38(62)48(39,66)67)72-43-28-4-2-13-73-76-47(15-27-8-11-53-45(49)54-27)9-7-24-14-26-16-56(17-29(41(63)64)37(26)55-46(50)52-10-3-12-57)32(19-59)40(47)75-74-23-31-25(18-58)5-6-33(31)69-42(65)30(22-68-43)36(24)28/h2,4,14,17,22,25,27-28,31-36,38-40,43-44,51,57-62,66-67H,3,5-6,8,10-13,15-16,18-21,23H2,1H3,(H,63,64)(H3,49,53,54)(H3,50,52,55). The topological polar surface area (TPSA) is 378 Å². The van der Waals surface area contributed by atoms with E-state index in [0.717, 1.165) is 0 Å². The van der Waals surface area contributed by atoms with Gasteiger partial charge >= 0.3 is 11.9 Å². The van der Waals surface area contributed by atoms with Crippen LogP contribution in [0.2, 0.25) is 0 Å². The van der Waals surface area contributed by atoms with Gasteiger partial charge in [0.15, 0.2) is 24.3 Å². The van der Waals surface area contributed by atoms with E-state index in [1.54, 1.807) is 17.1 Å². The first-order chi connectivity index (χ1) is 36.6. The number of hydrogen-bond donors (Lipinski definition) is 14. The zero-order valence-corrected chi connectivity index (χ0v) is 44.9. The molecule has 7 aliphatic heterocycles. The van der Waals surface area contributed by atoms with Gasteiger partial charge in [0.1, 0.15) is 29.3 Å². The highest BCUT2D eigenvalue weighted by Gasteiger charge is 2.59. The summed E-state index contributed by atoms with van der Waals surface area (Å²) in [5.74, 6) is -0.0140. The molecule has 8 rings (SSSR count). The first-order valence-corrected chi connectivity index (χ1v) is 29.8. The average Bonchev–Trinajstić information content (AvgIpc) is 3.87. The molecule has 1 saturated carbocycles. The van der Waals surface area contributed by atoms with Crippen molar-refractivity contribution in [3.8, 4) is 11.8 Å². The third-order valence-electron chi connectivity index (χ3n) is 14.7. The van der Waals surface area contributed by atoms with Crippen molar-refractivity contribution in [3.05, 3.63) is 58.7 Å². The summed E-state index contributed by atoms with van der Waals surface area (Å²) in [6.45, 7) is -1.81. The van der Waals surface area contributed by atoms with E-state index in [-0.39, 0.29) is 84.9 Å². The monoisotopic (exact) mass is 1140 g/mol. The van der Waals surface area contributed by atoms with Gasteiger partial charge in [-0.05, 0) is 56.7 Å². The number of nitrogens with one attached hydrogen (secondary N) is 3. The first kappa shape index (κ1) is 58.4. The van der Waals surface area contributed by atoms with E-state index >= 15 is 4.79 Å². The number of aliphatic hydroxyl groups excluding tert-OH is 6. The van der Waals surface area contributed by atoms with Crippen molar-refractivity contribution in [1.29, 1.82) is 0 Å². The Kier molecular flexibility index (Phi) is 20.0. The van der Waals surface area contributed by atoms with Crippen LogP contribution in [0.5, 0.6) is 0 Å². The van der Waals surface area contributed by atoms with Gasteiger partial charge in [-0.3, -0.25) is 15.3 Å². The van der Waals surface area contributed by atoms with Crippen LogP contribution >= 0.6 is 43.2 Å². The van der Waals surface area contributed by atoms with Gasteiger partial charge in [0.25, 0.3) is 0 Å². The number of carboxylic acid groups (broad SMARTS) is 1. The summed E-state index contributed by atoms with van der Waals surface area (Å²) in [5.41, 5.74) is 13.1. The Morgan fingerprint density at radius 2 is 1.95 bits per heavy atom. The molecule has 16 N–H and O–H groups in total. The number of nitrogens with zero attached hydrogens (tertiary/aromatic N) is 3. The number of likely N-dealkylation sites (N-methyl/N-ethyl adjacent to an activating group) is 1. The van der Waals surface area contributed by atoms with Gasteiger partial charge in [-0.2, -0.15) is 0 Å². The molecule has 15 atom stereocenters. The largest absolute Gasteiger partial charge is 0.478 e. The molecule has 420 valence electrons. The Labute approximate surface area is 455 Å². The Bertz CT molecular complexity index is 2400. The fourth-order valence-corrected chi connectivity index (χ4v) is 17.7. The molecule has 1 aliphatic carbocycles. The minimum Gasteiger partial charge on any atom is -0.478 e. The number of aliphatic imine (C=N–C) groups is 2. The Morgan fingerprint density at radius 1 is 1.13 bits per heavy atom. The molecule has 28 heteroatoms. The van der Waals surface area contributed by atoms with Crippen molar-refractivity contribution in [2.45, 2.75) is 103 Å². The number of rotatable bonds is 16. The SMILES string of the molecule is CNC(CO)OC1C(OC2OC=C3C(=O)OC4CCC(CO)C4CSSC4C(CO)N5C=C(C(=O)O)C(NC(N)=NCCCO)=C(C=C6C#CC4(CC4CCN=C(N)N4)SSCC=CC2C63)C5)OC(CO)C(O)C1(O)O. The Morgan fingerprint density at radius 3 is 2.66 bits per heavy atom. The fraction of sp³-hybridized carbons (Fsp3) is 0.667. The summed E-state index contributed by atoms with van der Waals surface area (Å²) in [7, 11) is 7.40. The predicted octanol–water partition coefficient (Wildman–Crippen LogP) is -2.26. The minimum atomic E-state index is -3.15. The summed E-state index contributed by atoms with van der Waals surface area (Å²) in [4.78, 5) is 39.3. The van der Waals surface area contributed by atoms with Gasteiger partial charge in [0.05, 0.1) is 60.1 Å². The number of carbonyl (C=O) groups is 2. The van der Waals surface area contributed by atoms with E-state index in [4.69, 9.17) is 35.2 Å². The number of guanidine groups is 2. The number of allylic oxidation sites excluding steroid dienone is 1. The van der Waals surface area contributed by atoms with Gasteiger partial charge < -0.3 is 96.6 Å². The van der Waals surface area contributed by atoms with E-state index in [1.165, 1.54) is 62.7 Å². The molecular formula is C48H68N8O16S4. The molecule has 0 spiro atoms. The molecule has 24 nitrogen and oxygen atoms in total. The maximum Gasteiger partial charge on any atom is 0.339 e. The van der Waals surface area contributed by atoms with Crippen molar-refractivity contribution in [2.24, 2.45) is 45.1 Å². The van der Waals surface area contributed by atoms with Crippen molar-refractivity contribution in [1.82, 2.24) is 20.9 Å². The predicted molar refractivity (Wildman–Crippen MR) is 284 cm³/mol. The Hall–Kier alpha value is -3.74. The number of carboxylic acids is 1. The van der Waals surface area contributed by atoms with Crippen LogP contribution in [0.3, 0.4) is 0 Å². The molecular weight excluding hydrogens is 1070 g/mol. The lowest BCUT2D eigenvalue weighted by molar-refractivity contribution is -0.416. The summed E-state index contributed by atoms with van der Waals surface area (Å²) in [6.07, 6.45) is -0.868. The third kappa shape index (κ3) is 12.6. The van der Waals surface area contributed by atoms with E-state index in [0.29, 0.717) is 49.3 Å². The third-order valence-corrected chi connectivity index (χ3v) is 20.7. The van der Waals surface area contributed by atoms with E-state index in [9.17, 15) is 50.8 Å². The van der Waals surface area contributed by atoms with Gasteiger partial charge in [-0.25, -0.2) is 9.59 Å². The lowest BCUT2D eigenvalue weighted by Gasteiger charge is -2.48. The normalized spacial score (nSPS) is 35.9. The maximum absolute atomic E-state index is 15.2. The summed E-state index contributed by atoms with van der Waals surface area (Å²) in [5, 5.41) is 106. The van der Waals surface area contributed by atoms with Crippen LogP contribution in [0, 0.1) is 35.5 Å². The maximum atomic E-state index is 15.2. The molecule has 7 heterocycles. The number of esters is 1. The molecule has 0 aromatic rings. The molecule has 2 fully saturated rings. The highest BCUT2D eigenvalue weighted by Crippen LogP contribution is 2.54. The molecule has 0 radical (unpaired) electrons. The van der Waals surface area contributed by atoms with Crippen molar-refractivity contribution >= 4 is 67.0 Å². The van der Waals surface area contributed by atoms with Gasteiger partial charge in [-0.15, -0.1) is 0 Å². The van der Waals surface area contributed by atoms with Crippen molar-refractivity contribution < 1.29 is 79.2 Å². The van der Waals surface area contributed by atoms with E-state index in [1.807, 2.05) is 6.08 Å². The van der Waals surface area contributed by atoms with Crippen molar-refractivity contribution in [2.75, 3.05) is 71.2 Å². The molecule has 15 unspecified atom stereocenters. The number of ether oxygens (including phenoxy) is 5. The summed E-state index contributed by atoms with van der Waals surface area (Å²) < 4.78 is 30.2. The molecule has 0 aromatic heterocycles. The van der Waals surface area contributed by atoms with Crippen LogP contribution in [0.4, 0.5) is 0 Å². The smallest absolute Gasteiger partial charge is 0.339 e. The van der Waals surface area contributed by atoms with Crippen LogP contribution in [0.15, 0.2) is 68.7 Å². The lowest BCUT2D eigenvalue weighted by Crippen LogP contribution is -2.69. The zero-order chi connectivity index (χ0) is 54.3. The summed E-state index contributed by atoms with van der Waals surface area (Å²) in [6, 6.07) is -1.06. The highest BCUT2D eigenvalue weighted by molar-refractivity contribution is 8.79. The Balaban J connectivity index is 1.39. The number of nitrogens with two attached hydrogens (primary N) is 2. The minimum absolute atomic E-state index is 0.0256. The van der Waals surface area contributed by atoms with Crippen LogP contribution < -0.4 is 27.4 Å². The van der Waals surface area contributed by atoms with Crippen molar-refractivity contribution in [3.63, 3.8) is 0 Å². The van der Waals surface area contributed by atoms with Gasteiger partial charge in [0, 0.05) is 74.0 Å². The molecule has 1 saturated heterocycles. The summed E-state index contributed by atoms with van der Waals surface area (Å²) >= 11 is 0. The average molecular weight is 1140 g/mol. The van der Waals surface area contributed by atoms with Crippen LogP contribution in [-0.4, -0.2) is 217 Å². The first-order valence-electron chi connectivity index (χ1n) is 25.0. The van der Waals surface area contributed by atoms with Gasteiger partial charge in [0.2, 0.25) is 12.1 Å². The number of fused-ring (bicyclic) bond motifs is 3. The molecule has 76 heavy (non-hydrogen) atoms. The van der Waals surface area contributed by atoms with Gasteiger partial charge in [-0.1, -0.05) is 67.2 Å². The van der Waals surface area contributed by atoms with E-state index in [2.05, 4.69) is 37.8 Å². The molecule has 6 bridgehead atoms. The lowest BCUT2D eigenvalue weighted by atomic mass is 9.76. The number of aliphatic hydroxyl groups is 8. The number of carbonyl (C=O) groups excluding carboxylic acids is 1. The number of aliphatic carboxylic acids is 1. The second-order valence-electron chi connectivity index (χ2n) is 19.4. The van der Waals surface area contributed by atoms with Crippen LogP contribution in [0.1, 0.15) is 32.1 Å². The fourth-order valence-electron chi connectivity index (χ4n) is 10.7. The second-order valence-corrected chi connectivity index (χ2v) is 24.7. The molecule has 0 amide bonds. The van der Waals surface area contributed by atoms with E-state index < -0.39 is 109 Å². The quantitative estimate of drug-likeness (QED) is 0.0113. The molecule has 8 aliphatic rings. The molecule has 0 aromatic carbocycles. The zero-order valence-electron chi connectivity index (χ0n) is 41.6. The second kappa shape index (κ2) is 26.0. The van der Waals surface area contributed by atoms with Crippen LogP contribution in [0.25, 0.3) is 0 Å². The van der Waals surface area contributed by atoms with Crippen LogP contribution in [-0.2, 0) is 33.3 Å².